The van der Waals surface area contributed by atoms with E-state index in [1.54, 1.807) is 30.5 Å². The van der Waals surface area contributed by atoms with Crippen LogP contribution in [0, 0.1) is 11.7 Å². The average Bonchev–Trinajstić information content (AvgIpc) is 3.55. The molecule has 0 spiro atoms. The van der Waals surface area contributed by atoms with Gasteiger partial charge in [0.25, 0.3) is 5.91 Å². The molecule has 0 bridgehead atoms. The number of nitrogens with one attached hydrogen (secondary N) is 2. The van der Waals surface area contributed by atoms with E-state index in [0.717, 1.165) is 18.4 Å². The van der Waals surface area contributed by atoms with E-state index < -0.39 is 5.91 Å². The molecule has 140 valence electrons. The van der Waals surface area contributed by atoms with Crippen molar-refractivity contribution >= 4 is 23.2 Å². The maximum absolute atomic E-state index is 13.2. The second-order valence-electron chi connectivity index (χ2n) is 6.57. The van der Waals surface area contributed by atoms with Crippen LogP contribution < -0.4 is 10.6 Å². The van der Waals surface area contributed by atoms with E-state index in [-0.39, 0.29) is 17.6 Å². The number of amides is 2. The molecule has 0 aliphatic heterocycles. The van der Waals surface area contributed by atoms with E-state index in [1.807, 2.05) is 0 Å². The normalized spacial score (nSPS) is 13.0. The van der Waals surface area contributed by atoms with Crippen molar-refractivity contribution in [2.45, 2.75) is 12.8 Å². The standard InChI is InChI=1S/C21H17FN4O2/c22-15-5-3-13(4-6-15)16-7-9-23-11-18(16)26-21(28)17-8-10-24-12-19(17)25-20(27)14-1-2-14/h3-12,14H,1-2H2,(H,25,27)(H,26,28). The van der Waals surface area contributed by atoms with E-state index in [1.165, 1.54) is 30.7 Å². The van der Waals surface area contributed by atoms with Crippen LogP contribution in [0.1, 0.15) is 23.2 Å². The third-order valence-electron chi connectivity index (χ3n) is 4.50. The van der Waals surface area contributed by atoms with E-state index in [2.05, 4.69) is 20.6 Å². The Morgan fingerprint density at radius 3 is 2.29 bits per heavy atom. The number of nitrogens with zero attached hydrogens (tertiary/aromatic N) is 2. The lowest BCUT2D eigenvalue weighted by Gasteiger charge is -2.13. The molecule has 2 aromatic heterocycles. The van der Waals surface area contributed by atoms with Crippen molar-refractivity contribution in [3.8, 4) is 11.1 Å². The maximum Gasteiger partial charge on any atom is 0.257 e. The minimum atomic E-state index is -0.398. The number of pyridine rings is 2. The number of anilines is 2. The van der Waals surface area contributed by atoms with Gasteiger partial charge >= 0.3 is 0 Å². The highest BCUT2D eigenvalue weighted by Gasteiger charge is 2.30. The summed E-state index contributed by atoms with van der Waals surface area (Å²) in [4.78, 5) is 33.0. The number of carbonyl (C=O) groups excluding carboxylic acids is 2. The van der Waals surface area contributed by atoms with Gasteiger partial charge in [0.1, 0.15) is 5.82 Å². The van der Waals surface area contributed by atoms with Gasteiger partial charge in [-0.1, -0.05) is 12.1 Å². The first-order valence-electron chi connectivity index (χ1n) is 8.88. The van der Waals surface area contributed by atoms with Crippen LogP contribution in [0.3, 0.4) is 0 Å². The van der Waals surface area contributed by atoms with Crippen LogP contribution in [0.2, 0.25) is 0 Å². The molecule has 1 aliphatic rings. The number of hydrogen-bond donors (Lipinski definition) is 2. The number of aromatic nitrogens is 2. The van der Waals surface area contributed by atoms with Crippen molar-refractivity contribution in [1.82, 2.24) is 9.97 Å². The van der Waals surface area contributed by atoms with Gasteiger partial charge in [-0.15, -0.1) is 0 Å². The van der Waals surface area contributed by atoms with Gasteiger partial charge in [0.15, 0.2) is 0 Å². The summed E-state index contributed by atoms with van der Waals surface area (Å²) in [7, 11) is 0. The lowest BCUT2D eigenvalue weighted by atomic mass is 10.1. The SMILES string of the molecule is O=C(Nc1cnccc1-c1ccc(F)cc1)c1ccncc1NC(=O)C1CC1. The van der Waals surface area contributed by atoms with Crippen LogP contribution in [0.15, 0.2) is 61.2 Å². The fourth-order valence-corrected chi connectivity index (χ4v) is 2.84. The number of hydrogen-bond acceptors (Lipinski definition) is 4. The highest BCUT2D eigenvalue weighted by atomic mass is 19.1. The summed E-state index contributed by atoms with van der Waals surface area (Å²) >= 11 is 0. The summed E-state index contributed by atoms with van der Waals surface area (Å²) in [5, 5.41) is 5.60. The van der Waals surface area contributed by atoms with Crippen LogP contribution in [-0.4, -0.2) is 21.8 Å². The van der Waals surface area contributed by atoms with Gasteiger partial charge in [0.2, 0.25) is 5.91 Å². The van der Waals surface area contributed by atoms with Crippen molar-refractivity contribution in [3.63, 3.8) is 0 Å². The van der Waals surface area contributed by atoms with Crippen molar-refractivity contribution in [2.75, 3.05) is 10.6 Å². The third-order valence-corrected chi connectivity index (χ3v) is 4.50. The highest BCUT2D eigenvalue weighted by molar-refractivity contribution is 6.11. The molecule has 2 N–H and O–H groups in total. The zero-order valence-electron chi connectivity index (χ0n) is 14.9. The zero-order valence-corrected chi connectivity index (χ0v) is 14.9. The van der Waals surface area contributed by atoms with Gasteiger partial charge in [0, 0.05) is 23.9 Å². The predicted molar refractivity (Wildman–Crippen MR) is 103 cm³/mol. The topological polar surface area (TPSA) is 84.0 Å². The van der Waals surface area contributed by atoms with Crippen LogP contribution in [0.5, 0.6) is 0 Å². The Balaban J connectivity index is 1.60. The molecule has 28 heavy (non-hydrogen) atoms. The summed E-state index contributed by atoms with van der Waals surface area (Å²) in [5.41, 5.74) is 2.61. The number of benzene rings is 1. The van der Waals surface area contributed by atoms with E-state index in [9.17, 15) is 14.0 Å². The second-order valence-corrected chi connectivity index (χ2v) is 6.57. The summed E-state index contributed by atoms with van der Waals surface area (Å²) in [5.74, 6) is -0.823. The molecule has 0 saturated heterocycles. The lowest BCUT2D eigenvalue weighted by molar-refractivity contribution is -0.117. The van der Waals surface area contributed by atoms with Gasteiger partial charge in [-0.3, -0.25) is 19.6 Å². The Morgan fingerprint density at radius 2 is 1.57 bits per heavy atom. The van der Waals surface area contributed by atoms with Crippen molar-refractivity contribution in [3.05, 3.63) is 72.6 Å². The quantitative estimate of drug-likeness (QED) is 0.708. The number of halogens is 1. The summed E-state index contributed by atoms with van der Waals surface area (Å²) < 4.78 is 13.2. The minimum Gasteiger partial charge on any atom is -0.324 e. The van der Waals surface area contributed by atoms with Crippen molar-refractivity contribution < 1.29 is 14.0 Å². The first kappa shape index (κ1) is 17.8. The Hall–Kier alpha value is -3.61. The molecule has 2 heterocycles. The van der Waals surface area contributed by atoms with Crippen molar-refractivity contribution in [2.24, 2.45) is 5.92 Å². The molecule has 1 saturated carbocycles. The average molecular weight is 376 g/mol. The van der Waals surface area contributed by atoms with E-state index in [0.29, 0.717) is 22.5 Å². The zero-order chi connectivity index (χ0) is 19.5. The molecule has 4 rings (SSSR count). The molecule has 1 aromatic carbocycles. The Morgan fingerprint density at radius 1 is 0.893 bits per heavy atom. The summed E-state index contributed by atoms with van der Waals surface area (Å²) in [6.07, 6.45) is 7.81. The molecular weight excluding hydrogens is 359 g/mol. The van der Waals surface area contributed by atoms with Crippen molar-refractivity contribution in [1.29, 1.82) is 0 Å². The molecule has 2 amide bonds. The Labute approximate surface area is 160 Å². The molecule has 0 atom stereocenters. The first-order valence-corrected chi connectivity index (χ1v) is 8.88. The summed E-state index contributed by atoms with van der Waals surface area (Å²) in [6.45, 7) is 0. The van der Waals surface area contributed by atoms with Crippen LogP contribution >= 0.6 is 0 Å². The predicted octanol–water partition coefficient (Wildman–Crippen LogP) is 3.88. The molecule has 6 nitrogen and oxygen atoms in total. The Kier molecular flexibility index (Phi) is 4.80. The fourth-order valence-electron chi connectivity index (χ4n) is 2.84. The van der Waals surface area contributed by atoms with Crippen LogP contribution in [0.4, 0.5) is 15.8 Å². The molecule has 1 aliphatic carbocycles. The van der Waals surface area contributed by atoms with Gasteiger partial charge in [-0.2, -0.15) is 0 Å². The van der Waals surface area contributed by atoms with Gasteiger partial charge < -0.3 is 10.6 Å². The minimum absolute atomic E-state index is 0.0134. The van der Waals surface area contributed by atoms with Gasteiger partial charge in [-0.05, 0) is 42.7 Å². The lowest BCUT2D eigenvalue weighted by Crippen LogP contribution is -2.19. The van der Waals surface area contributed by atoms with E-state index >= 15 is 0 Å². The molecule has 0 radical (unpaired) electrons. The van der Waals surface area contributed by atoms with Crippen LogP contribution in [-0.2, 0) is 4.79 Å². The molecule has 7 heteroatoms. The molecule has 1 fully saturated rings. The van der Waals surface area contributed by atoms with E-state index in [4.69, 9.17) is 0 Å². The fraction of sp³-hybridized carbons (Fsp3) is 0.143. The highest BCUT2D eigenvalue weighted by Crippen LogP contribution is 2.31. The second kappa shape index (κ2) is 7.56. The number of carbonyl (C=O) groups is 2. The maximum atomic E-state index is 13.2. The Bertz CT molecular complexity index is 1030. The number of rotatable bonds is 5. The molecular formula is C21H17FN4O2. The molecule has 0 unspecified atom stereocenters. The van der Waals surface area contributed by atoms with Crippen LogP contribution in [0.25, 0.3) is 11.1 Å². The third kappa shape index (κ3) is 3.88. The monoisotopic (exact) mass is 376 g/mol. The largest absolute Gasteiger partial charge is 0.324 e. The first-order chi connectivity index (χ1) is 13.6. The van der Waals surface area contributed by atoms with Gasteiger partial charge in [-0.25, -0.2) is 4.39 Å². The molecule has 3 aromatic rings. The van der Waals surface area contributed by atoms with Gasteiger partial charge in [0.05, 0.1) is 29.3 Å². The smallest absolute Gasteiger partial charge is 0.257 e. The summed E-state index contributed by atoms with van der Waals surface area (Å²) in [6, 6.07) is 9.27.